The molecule has 2 aromatic carbocycles. The predicted octanol–water partition coefficient (Wildman–Crippen LogP) is 0.699. The second kappa shape index (κ2) is 8.04. The third-order valence-corrected chi connectivity index (χ3v) is 4.43. The normalized spacial score (nSPS) is 12.9. The fraction of sp³-hybridized carbons (Fsp3) is 0.143. The zero-order valence-corrected chi connectivity index (χ0v) is 17.0. The number of aryl methyl sites for hydroxylation is 2. The maximum absolute atomic E-state index is 11.7. The molecule has 0 saturated heterocycles. The SMILES string of the molecule is Cc1ccc([O-])c(O[P+]([S-])(S)Oc2cc(C)ccc2O)c1.[Na+]. The van der Waals surface area contributed by atoms with Crippen LogP contribution in [0.3, 0.4) is 0 Å². The number of aromatic hydroxyl groups is 1. The van der Waals surface area contributed by atoms with Crippen LogP contribution in [0.4, 0.5) is 0 Å². The van der Waals surface area contributed by atoms with Gasteiger partial charge in [-0.15, -0.1) is 0 Å². The van der Waals surface area contributed by atoms with E-state index in [0.29, 0.717) is 0 Å². The van der Waals surface area contributed by atoms with Crippen LogP contribution in [0.2, 0.25) is 0 Å². The van der Waals surface area contributed by atoms with Crippen molar-refractivity contribution in [2.75, 3.05) is 0 Å². The Morgan fingerprint density at radius 1 is 1.05 bits per heavy atom. The van der Waals surface area contributed by atoms with Gasteiger partial charge in [0.2, 0.25) is 5.75 Å². The second-order valence-electron chi connectivity index (χ2n) is 4.57. The third-order valence-electron chi connectivity index (χ3n) is 2.64. The fourth-order valence-corrected chi connectivity index (χ4v) is 3.48. The Balaban J connectivity index is 0.00000242. The van der Waals surface area contributed by atoms with E-state index < -0.39 is 6.12 Å². The molecule has 0 amide bonds. The van der Waals surface area contributed by atoms with Crippen LogP contribution >= 0.6 is 18.4 Å². The van der Waals surface area contributed by atoms with E-state index in [4.69, 9.17) is 21.3 Å². The van der Waals surface area contributed by atoms with Crippen molar-refractivity contribution >= 4 is 30.6 Å². The summed E-state index contributed by atoms with van der Waals surface area (Å²) in [7, 11) is 0. The molecule has 2 rings (SSSR count). The summed E-state index contributed by atoms with van der Waals surface area (Å²) in [5.74, 6) is -0.0612. The Morgan fingerprint density at radius 2 is 1.55 bits per heavy atom. The van der Waals surface area contributed by atoms with E-state index in [0.717, 1.165) is 11.1 Å². The van der Waals surface area contributed by atoms with Gasteiger partial charge >= 0.3 is 35.7 Å². The van der Waals surface area contributed by atoms with Crippen LogP contribution in [0.1, 0.15) is 11.1 Å². The van der Waals surface area contributed by atoms with E-state index in [1.807, 2.05) is 13.8 Å². The van der Waals surface area contributed by atoms with Gasteiger partial charge in [-0.3, -0.25) is 0 Å². The monoisotopic (exact) mass is 364 g/mol. The van der Waals surface area contributed by atoms with E-state index in [-0.39, 0.29) is 52.6 Å². The van der Waals surface area contributed by atoms with Crippen molar-refractivity contribution in [3.8, 4) is 23.0 Å². The van der Waals surface area contributed by atoms with Gasteiger partial charge in [-0.1, -0.05) is 23.9 Å². The molecular weight excluding hydrogens is 350 g/mol. The summed E-state index contributed by atoms with van der Waals surface area (Å²) in [4.78, 5) is 0. The van der Waals surface area contributed by atoms with Crippen LogP contribution in [-0.2, 0) is 12.2 Å². The van der Waals surface area contributed by atoms with E-state index in [2.05, 4.69) is 12.2 Å². The average Bonchev–Trinajstić information content (AvgIpc) is 2.37. The van der Waals surface area contributed by atoms with Crippen LogP contribution in [-0.4, -0.2) is 5.11 Å². The Bertz CT molecular complexity index is 612. The molecule has 0 aromatic heterocycles. The molecule has 0 aliphatic carbocycles. The molecule has 22 heavy (non-hydrogen) atoms. The molecule has 4 nitrogen and oxygen atoms in total. The number of benzene rings is 2. The summed E-state index contributed by atoms with van der Waals surface area (Å²) in [5.41, 5.74) is 1.76. The Morgan fingerprint density at radius 3 is 2.18 bits per heavy atom. The fourth-order valence-electron chi connectivity index (χ4n) is 1.65. The third kappa shape index (κ3) is 5.44. The summed E-state index contributed by atoms with van der Waals surface area (Å²) in [6.07, 6.45) is -3.06. The number of thiol groups is 1. The Kier molecular flexibility index (Phi) is 7.24. The summed E-state index contributed by atoms with van der Waals surface area (Å²) < 4.78 is 10.9. The second-order valence-corrected chi connectivity index (χ2v) is 9.71. The van der Waals surface area contributed by atoms with Crippen molar-refractivity contribution in [2.45, 2.75) is 13.8 Å². The van der Waals surface area contributed by atoms with Crippen LogP contribution in [0.15, 0.2) is 36.4 Å². The van der Waals surface area contributed by atoms with Crippen molar-refractivity contribution in [2.24, 2.45) is 0 Å². The van der Waals surface area contributed by atoms with Crippen LogP contribution < -0.4 is 43.7 Å². The topological polar surface area (TPSA) is 61.8 Å². The van der Waals surface area contributed by atoms with Crippen LogP contribution in [0.25, 0.3) is 0 Å². The first-order valence-electron chi connectivity index (χ1n) is 6.06. The van der Waals surface area contributed by atoms with E-state index in [1.165, 1.54) is 12.1 Å². The van der Waals surface area contributed by atoms with Gasteiger partial charge in [-0.05, 0) is 43.2 Å². The van der Waals surface area contributed by atoms with Crippen molar-refractivity contribution in [1.82, 2.24) is 0 Å². The van der Waals surface area contributed by atoms with Crippen LogP contribution in [0.5, 0.6) is 23.0 Å². The van der Waals surface area contributed by atoms with Gasteiger partial charge in [0.25, 0.3) is 0 Å². The molecule has 0 spiro atoms. The number of rotatable bonds is 4. The minimum Gasteiger partial charge on any atom is -0.870 e. The quantitative estimate of drug-likeness (QED) is 0.362. The van der Waals surface area contributed by atoms with Gasteiger partial charge in [0.05, 0.1) is 12.2 Å². The summed E-state index contributed by atoms with van der Waals surface area (Å²) >= 11 is 9.40. The average molecular weight is 364 g/mol. The van der Waals surface area contributed by atoms with Gasteiger partial charge in [0, 0.05) is 0 Å². The van der Waals surface area contributed by atoms with Gasteiger partial charge in [-0.25, -0.2) is 0 Å². The molecule has 2 aromatic rings. The number of phenols is 1. The number of hydrogen-bond acceptors (Lipinski definition) is 6. The molecule has 0 bridgehead atoms. The molecule has 1 N–H and O–H groups in total. The molecule has 0 aliphatic heterocycles. The number of hydrogen-bond donors (Lipinski definition) is 2. The van der Waals surface area contributed by atoms with E-state index in [9.17, 15) is 10.2 Å². The minimum atomic E-state index is -3.06. The molecular formula is C14H14NaO4PS2. The smallest absolute Gasteiger partial charge is 0.870 e. The molecule has 8 heteroatoms. The van der Waals surface area contributed by atoms with Gasteiger partial charge in [0.1, 0.15) is 0 Å². The largest absolute Gasteiger partial charge is 1.00 e. The zero-order valence-electron chi connectivity index (χ0n) is 12.4. The van der Waals surface area contributed by atoms with Crippen LogP contribution in [0, 0.1) is 13.8 Å². The first-order valence-corrected chi connectivity index (χ1v) is 9.85. The number of phenolic OH excluding ortho intramolecular Hbond substituents is 1. The van der Waals surface area contributed by atoms with Gasteiger partial charge < -0.3 is 31.5 Å². The molecule has 0 heterocycles. The predicted molar refractivity (Wildman–Crippen MR) is 88.0 cm³/mol. The molecule has 0 saturated carbocycles. The van der Waals surface area contributed by atoms with Gasteiger partial charge in [0.15, 0.2) is 11.5 Å². The molecule has 0 radical (unpaired) electrons. The maximum atomic E-state index is 11.7. The molecule has 1 unspecified atom stereocenters. The first kappa shape index (κ1) is 19.8. The summed E-state index contributed by atoms with van der Waals surface area (Å²) in [6.45, 7) is 3.69. The molecule has 1 atom stereocenters. The molecule has 0 fully saturated rings. The zero-order chi connectivity index (χ0) is 15.6. The molecule has 112 valence electrons. The van der Waals surface area contributed by atoms with E-state index in [1.54, 1.807) is 24.3 Å². The summed E-state index contributed by atoms with van der Waals surface area (Å²) in [6, 6.07) is 9.53. The standard InChI is InChI=1S/C14H15O4PS2.Na/c1-9-3-5-11(15)13(7-9)17-19(20,21)18-14-8-10(2)4-6-12(14)16;/h3-8,15-16H,1-2H3,(H,20,21);/q;+1/p-1. The van der Waals surface area contributed by atoms with Crippen molar-refractivity contribution in [3.63, 3.8) is 0 Å². The maximum Gasteiger partial charge on any atom is 1.00 e. The Hall–Kier alpha value is -0.230. The Labute approximate surface area is 163 Å². The first-order chi connectivity index (χ1) is 9.77. The van der Waals surface area contributed by atoms with Crippen molar-refractivity contribution in [1.29, 1.82) is 0 Å². The minimum absolute atomic E-state index is 0. The molecule has 0 aliphatic rings. The van der Waals surface area contributed by atoms with Crippen molar-refractivity contribution < 1.29 is 48.8 Å². The van der Waals surface area contributed by atoms with Gasteiger partial charge in [-0.2, -0.15) is 0 Å². The van der Waals surface area contributed by atoms with Crippen molar-refractivity contribution in [3.05, 3.63) is 47.5 Å². The summed E-state index contributed by atoms with van der Waals surface area (Å²) in [5, 5.41) is 21.5. The van der Waals surface area contributed by atoms with E-state index >= 15 is 0 Å².